The molecule has 3 N–H and O–H groups in total. The van der Waals surface area contributed by atoms with E-state index in [4.69, 9.17) is 0 Å². The maximum atomic E-state index is 11.8. The molecule has 0 aromatic carbocycles. The van der Waals surface area contributed by atoms with Gasteiger partial charge in [0.15, 0.2) is 0 Å². The third-order valence-electron chi connectivity index (χ3n) is 4.01. The Labute approximate surface area is 104 Å². The summed E-state index contributed by atoms with van der Waals surface area (Å²) in [4.78, 5) is 11.8. The summed E-state index contributed by atoms with van der Waals surface area (Å²) in [6.07, 6.45) is 1.49. The highest BCUT2D eigenvalue weighted by Gasteiger charge is 2.29. The molecule has 0 radical (unpaired) electrons. The van der Waals surface area contributed by atoms with Gasteiger partial charge in [-0.2, -0.15) is 0 Å². The molecule has 0 aromatic heterocycles. The summed E-state index contributed by atoms with van der Waals surface area (Å²) in [5, 5.41) is 16.0. The first-order valence-corrected chi connectivity index (χ1v) is 6.76. The van der Waals surface area contributed by atoms with Gasteiger partial charge in [0, 0.05) is 12.5 Å². The van der Waals surface area contributed by atoms with Crippen molar-refractivity contribution in [2.75, 3.05) is 19.6 Å². The zero-order chi connectivity index (χ0) is 12.8. The van der Waals surface area contributed by atoms with E-state index in [0.29, 0.717) is 12.5 Å². The normalized spacial score (nSPS) is 19.8. The number of aliphatic hydroxyl groups is 1. The van der Waals surface area contributed by atoms with E-state index in [2.05, 4.69) is 24.5 Å². The molecule has 1 amide bonds. The van der Waals surface area contributed by atoms with E-state index in [1.165, 1.54) is 0 Å². The van der Waals surface area contributed by atoms with Gasteiger partial charge in [-0.05, 0) is 24.9 Å². The molecule has 1 fully saturated rings. The Morgan fingerprint density at radius 2 is 2.00 bits per heavy atom. The zero-order valence-corrected chi connectivity index (χ0v) is 11.2. The van der Waals surface area contributed by atoms with E-state index in [9.17, 15) is 9.90 Å². The van der Waals surface area contributed by atoms with Crippen LogP contribution in [0, 0.1) is 17.8 Å². The average molecular weight is 242 g/mol. The second-order valence-corrected chi connectivity index (χ2v) is 5.10. The quantitative estimate of drug-likeness (QED) is 0.617. The molecule has 1 saturated heterocycles. The lowest BCUT2D eigenvalue weighted by molar-refractivity contribution is -0.127. The molecule has 1 rings (SSSR count). The molecule has 0 aliphatic carbocycles. The van der Waals surface area contributed by atoms with Crippen molar-refractivity contribution in [2.45, 2.75) is 39.7 Å². The van der Waals surface area contributed by atoms with Gasteiger partial charge in [0.1, 0.15) is 0 Å². The van der Waals surface area contributed by atoms with Crippen LogP contribution >= 0.6 is 0 Å². The molecule has 2 unspecified atom stereocenters. The lowest BCUT2D eigenvalue weighted by Gasteiger charge is -2.32. The first-order chi connectivity index (χ1) is 8.10. The Morgan fingerprint density at radius 1 is 1.41 bits per heavy atom. The number of nitrogens with one attached hydrogen (secondary N) is 2. The molecule has 4 nitrogen and oxygen atoms in total. The van der Waals surface area contributed by atoms with E-state index in [-0.39, 0.29) is 17.7 Å². The average Bonchev–Trinajstić information content (AvgIpc) is 2.25. The summed E-state index contributed by atoms with van der Waals surface area (Å²) in [6, 6.07) is 0. The molecule has 17 heavy (non-hydrogen) atoms. The summed E-state index contributed by atoms with van der Waals surface area (Å²) in [7, 11) is 0. The number of carbonyl (C=O) groups excluding carboxylic acids is 1. The minimum absolute atomic E-state index is 0.0464. The minimum atomic E-state index is -0.416. The van der Waals surface area contributed by atoms with Crippen LogP contribution in [0.2, 0.25) is 0 Å². The summed E-state index contributed by atoms with van der Waals surface area (Å²) in [5.74, 6) is 0.864. The van der Waals surface area contributed by atoms with E-state index < -0.39 is 6.10 Å². The Hall–Kier alpha value is -0.610. The molecule has 4 heteroatoms. The predicted molar refractivity (Wildman–Crippen MR) is 68.6 cm³/mol. The van der Waals surface area contributed by atoms with Crippen molar-refractivity contribution in [3.8, 4) is 0 Å². The Bertz CT molecular complexity index is 238. The van der Waals surface area contributed by atoms with E-state index in [0.717, 1.165) is 25.9 Å². The van der Waals surface area contributed by atoms with Crippen LogP contribution in [0.4, 0.5) is 0 Å². The van der Waals surface area contributed by atoms with Crippen molar-refractivity contribution in [1.82, 2.24) is 10.6 Å². The topological polar surface area (TPSA) is 61.4 Å². The van der Waals surface area contributed by atoms with Crippen LogP contribution in [-0.2, 0) is 4.79 Å². The maximum absolute atomic E-state index is 11.8. The lowest BCUT2D eigenvalue weighted by atomic mass is 9.88. The third-order valence-corrected chi connectivity index (χ3v) is 4.01. The van der Waals surface area contributed by atoms with E-state index in [1.54, 1.807) is 0 Å². The molecule has 100 valence electrons. The van der Waals surface area contributed by atoms with Crippen LogP contribution in [0.3, 0.4) is 0 Å². The van der Waals surface area contributed by atoms with Gasteiger partial charge in [-0.1, -0.05) is 33.6 Å². The molecule has 0 bridgehead atoms. The SMILES string of the molecule is CCC(CC)C(O)CNC(=O)C(C)C1CNC1. The van der Waals surface area contributed by atoms with E-state index >= 15 is 0 Å². The van der Waals surface area contributed by atoms with Crippen LogP contribution in [-0.4, -0.2) is 36.8 Å². The van der Waals surface area contributed by atoms with Gasteiger partial charge in [-0.15, -0.1) is 0 Å². The molecule has 2 atom stereocenters. The summed E-state index contributed by atoms with van der Waals surface area (Å²) in [5.41, 5.74) is 0. The number of hydrogen-bond acceptors (Lipinski definition) is 3. The summed E-state index contributed by atoms with van der Waals surface area (Å²) >= 11 is 0. The van der Waals surface area contributed by atoms with Gasteiger partial charge in [-0.25, -0.2) is 0 Å². The fraction of sp³-hybridized carbons (Fsp3) is 0.923. The molecule has 0 saturated carbocycles. The monoisotopic (exact) mass is 242 g/mol. The number of carbonyl (C=O) groups is 1. The zero-order valence-electron chi connectivity index (χ0n) is 11.2. The molecule has 1 aliphatic heterocycles. The molecular weight excluding hydrogens is 216 g/mol. The van der Waals surface area contributed by atoms with Crippen LogP contribution in [0.15, 0.2) is 0 Å². The molecule has 1 aliphatic rings. The minimum Gasteiger partial charge on any atom is -0.391 e. The molecule has 0 aromatic rings. The Kier molecular flexibility index (Phi) is 5.92. The fourth-order valence-corrected chi connectivity index (χ4v) is 2.24. The first kappa shape index (κ1) is 14.5. The fourth-order valence-electron chi connectivity index (χ4n) is 2.24. The highest BCUT2D eigenvalue weighted by molar-refractivity contribution is 5.78. The van der Waals surface area contributed by atoms with Gasteiger partial charge >= 0.3 is 0 Å². The van der Waals surface area contributed by atoms with Gasteiger partial charge in [0.05, 0.1) is 6.10 Å². The standard InChI is InChI=1S/C13H26N2O2/c1-4-10(5-2)12(16)8-15-13(17)9(3)11-6-14-7-11/h9-12,14,16H,4-8H2,1-3H3,(H,15,17). The molecule has 0 spiro atoms. The lowest BCUT2D eigenvalue weighted by Crippen LogP contribution is -2.50. The number of amides is 1. The van der Waals surface area contributed by atoms with Crippen LogP contribution < -0.4 is 10.6 Å². The maximum Gasteiger partial charge on any atom is 0.223 e. The van der Waals surface area contributed by atoms with Gasteiger partial charge in [0.25, 0.3) is 0 Å². The van der Waals surface area contributed by atoms with Gasteiger partial charge < -0.3 is 15.7 Å². The second kappa shape index (κ2) is 6.97. The van der Waals surface area contributed by atoms with Crippen molar-refractivity contribution in [2.24, 2.45) is 17.8 Å². The van der Waals surface area contributed by atoms with Gasteiger partial charge in [0.2, 0.25) is 5.91 Å². The second-order valence-electron chi connectivity index (χ2n) is 5.10. The Balaban J connectivity index is 2.26. The van der Waals surface area contributed by atoms with Crippen molar-refractivity contribution in [3.63, 3.8) is 0 Å². The van der Waals surface area contributed by atoms with Crippen molar-refractivity contribution in [1.29, 1.82) is 0 Å². The summed E-state index contributed by atoms with van der Waals surface area (Å²) < 4.78 is 0. The molecular formula is C13H26N2O2. The van der Waals surface area contributed by atoms with Gasteiger partial charge in [-0.3, -0.25) is 4.79 Å². The number of rotatable bonds is 7. The van der Waals surface area contributed by atoms with Crippen molar-refractivity contribution < 1.29 is 9.90 Å². The third kappa shape index (κ3) is 3.96. The number of hydrogen-bond donors (Lipinski definition) is 3. The molecule has 1 heterocycles. The predicted octanol–water partition coefficient (Wildman–Crippen LogP) is 0.755. The summed E-state index contributed by atoms with van der Waals surface area (Å²) in [6.45, 7) is 8.36. The van der Waals surface area contributed by atoms with Crippen molar-refractivity contribution in [3.05, 3.63) is 0 Å². The Morgan fingerprint density at radius 3 is 2.41 bits per heavy atom. The number of aliphatic hydroxyl groups excluding tert-OH is 1. The van der Waals surface area contributed by atoms with Crippen LogP contribution in [0.1, 0.15) is 33.6 Å². The largest absolute Gasteiger partial charge is 0.391 e. The van der Waals surface area contributed by atoms with Crippen LogP contribution in [0.25, 0.3) is 0 Å². The smallest absolute Gasteiger partial charge is 0.223 e. The highest BCUT2D eigenvalue weighted by Crippen LogP contribution is 2.16. The highest BCUT2D eigenvalue weighted by atomic mass is 16.3. The first-order valence-electron chi connectivity index (χ1n) is 6.76. The van der Waals surface area contributed by atoms with E-state index in [1.807, 2.05) is 6.92 Å². The van der Waals surface area contributed by atoms with Crippen LogP contribution in [0.5, 0.6) is 0 Å². The van der Waals surface area contributed by atoms with Crippen molar-refractivity contribution >= 4 is 5.91 Å².